The number of aliphatic hydroxyl groups is 1. The molecule has 268 valence electrons. The molecule has 8 rings (SSSR count). The molecule has 0 aliphatic carbocycles. The normalized spacial score (nSPS) is 17.3. The van der Waals surface area contributed by atoms with Gasteiger partial charge >= 0.3 is 0 Å². The van der Waals surface area contributed by atoms with Crippen LogP contribution in [-0.2, 0) is 9.53 Å². The van der Waals surface area contributed by atoms with Gasteiger partial charge in [-0.15, -0.1) is 0 Å². The zero-order chi connectivity index (χ0) is 36.4. The van der Waals surface area contributed by atoms with Crippen molar-refractivity contribution in [3.05, 3.63) is 89.0 Å². The van der Waals surface area contributed by atoms with E-state index in [9.17, 15) is 19.2 Å². The Morgan fingerprint density at radius 3 is 2.44 bits per heavy atom. The number of piperazine rings is 1. The molecule has 2 saturated heterocycles. The van der Waals surface area contributed by atoms with Crippen molar-refractivity contribution in [2.45, 2.75) is 32.1 Å². The van der Waals surface area contributed by atoms with Crippen LogP contribution in [0.5, 0.6) is 5.75 Å². The fraction of sp³-hybridized carbons (Fsp3) is 0.324. The van der Waals surface area contributed by atoms with Crippen molar-refractivity contribution in [2.75, 3.05) is 39.9 Å². The number of nitrogens with zero attached hydrogens (tertiary/aromatic N) is 9. The Morgan fingerprint density at radius 2 is 1.75 bits per heavy atom. The quantitative estimate of drug-likeness (QED) is 0.158. The van der Waals surface area contributed by atoms with E-state index < -0.39 is 11.7 Å². The van der Waals surface area contributed by atoms with Crippen molar-refractivity contribution >= 4 is 39.7 Å². The largest absolute Gasteiger partial charge is 0.494 e. The third-order valence-corrected chi connectivity index (χ3v) is 8.98. The molecule has 2 aliphatic rings. The van der Waals surface area contributed by atoms with Gasteiger partial charge in [0.15, 0.2) is 17.0 Å². The number of pyridine rings is 1. The van der Waals surface area contributed by atoms with E-state index in [1.54, 1.807) is 34.9 Å². The molecular formula is C34H35N11O7. The maximum atomic E-state index is 13.3. The van der Waals surface area contributed by atoms with Crippen LogP contribution in [0.4, 0.5) is 0 Å². The van der Waals surface area contributed by atoms with Crippen LogP contribution in [0.1, 0.15) is 45.6 Å². The van der Waals surface area contributed by atoms with Gasteiger partial charge in [0, 0.05) is 37.9 Å². The molecule has 2 aliphatic heterocycles. The van der Waals surface area contributed by atoms with Gasteiger partial charge in [-0.25, -0.2) is 24.6 Å². The number of aliphatic hydroxyl groups excluding tert-OH is 1. The zero-order valence-corrected chi connectivity index (χ0v) is 28.3. The van der Waals surface area contributed by atoms with E-state index in [2.05, 4.69) is 35.0 Å². The predicted molar refractivity (Wildman–Crippen MR) is 184 cm³/mol. The summed E-state index contributed by atoms with van der Waals surface area (Å²) in [7, 11) is 1.47. The molecule has 18 heteroatoms. The molecule has 0 saturated carbocycles. The smallest absolute Gasteiger partial charge is 0.295 e. The second-order valence-corrected chi connectivity index (χ2v) is 12.1. The SMILES string of the molecule is COc1cnc(-n2cnc(C)n2)c2[nH]cc(C(=O)C(=O)N3CCN(C(=O)c4ccccc4)CC3)c12.O=c1[nH]cnc2c1ncn2[C@H]1CC[C@@H](CO)O1. The topological polar surface area (TPSA) is 219 Å². The van der Waals surface area contributed by atoms with Gasteiger partial charge in [-0.05, 0) is 31.9 Å². The van der Waals surface area contributed by atoms with Crippen molar-refractivity contribution in [1.82, 2.24) is 54.1 Å². The standard InChI is InChI=1S/C24H23N7O4.C10H12N4O3/c1-15-27-14-31(28-15)22-20-19(18(35-2)13-26-22)17(12-25-20)21(32)24(34)30-10-8-29(9-11-30)23(33)16-6-4-3-5-7-16;15-3-6-1-2-7(17-6)14-5-13-8-9(14)11-4-12-10(8)16/h3-7,12-14,25H,8-11H2,1-2H3;4-7,15H,1-3H2,(H,11,12,16)/t;6-,7+/m.0/s1. The lowest BCUT2D eigenvalue weighted by Gasteiger charge is -2.34. The zero-order valence-electron chi connectivity index (χ0n) is 28.3. The van der Waals surface area contributed by atoms with E-state index in [1.807, 2.05) is 18.2 Å². The van der Waals surface area contributed by atoms with E-state index in [0.29, 0.717) is 58.1 Å². The Hall–Kier alpha value is -6.27. The summed E-state index contributed by atoms with van der Waals surface area (Å²) in [6, 6.07) is 9.00. The number of ether oxygens (including phenoxy) is 2. The molecule has 0 radical (unpaired) electrons. The van der Waals surface area contributed by atoms with E-state index in [0.717, 1.165) is 12.8 Å². The number of carbonyl (C=O) groups excluding carboxylic acids is 3. The van der Waals surface area contributed by atoms with Gasteiger partial charge < -0.3 is 34.3 Å². The molecule has 3 N–H and O–H groups in total. The minimum absolute atomic E-state index is 0.0111. The molecule has 0 unspecified atom stereocenters. The molecule has 2 atom stereocenters. The van der Waals surface area contributed by atoms with E-state index >= 15 is 0 Å². The van der Waals surface area contributed by atoms with Crippen LogP contribution in [0.2, 0.25) is 0 Å². The van der Waals surface area contributed by atoms with Crippen molar-refractivity contribution in [1.29, 1.82) is 0 Å². The number of aromatic amines is 2. The first-order chi connectivity index (χ1) is 25.3. The number of benzene rings is 1. The Morgan fingerprint density at radius 1 is 0.981 bits per heavy atom. The van der Waals surface area contributed by atoms with Crippen molar-refractivity contribution in [2.24, 2.45) is 0 Å². The summed E-state index contributed by atoms with van der Waals surface area (Å²) in [5, 5.41) is 13.7. The fourth-order valence-electron chi connectivity index (χ4n) is 6.29. The molecule has 5 aromatic heterocycles. The van der Waals surface area contributed by atoms with Gasteiger partial charge in [0.2, 0.25) is 0 Å². The maximum Gasteiger partial charge on any atom is 0.295 e. The number of Topliss-reactive ketones (excluding diaryl/α,β-unsaturated/α-hetero) is 1. The fourth-order valence-corrected chi connectivity index (χ4v) is 6.29. The number of rotatable bonds is 7. The number of ketones is 1. The molecule has 6 aromatic rings. The van der Waals surface area contributed by atoms with Gasteiger partial charge in [-0.2, -0.15) is 5.10 Å². The van der Waals surface area contributed by atoms with Crippen LogP contribution in [0.15, 0.2) is 66.5 Å². The van der Waals surface area contributed by atoms with Crippen LogP contribution in [0.25, 0.3) is 27.9 Å². The number of hydrogen-bond acceptors (Lipinski definition) is 12. The van der Waals surface area contributed by atoms with Gasteiger partial charge in [0.1, 0.15) is 24.1 Å². The first-order valence-electron chi connectivity index (χ1n) is 16.5. The highest BCUT2D eigenvalue weighted by molar-refractivity contribution is 6.45. The van der Waals surface area contributed by atoms with Crippen LogP contribution >= 0.6 is 0 Å². The summed E-state index contributed by atoms with van der Waals surface area (Å²) in [5.74, 6) is -0.0244. The maximum absolute atomic E-state index is 13.3. The number of fused-ring (bicyclic) bond motifs is 2. The van der Waals surface area contributed by atoms with Crippen LogP contribution in [0.3, 0.4) is 0 Å². The molecule has 2 fully saturated rings. The van der Waals surface area contributed by atoms with Crippen LogP contribution in [0, 0.1) is 6.92 Å². The summed E-state index contributed by atoms with van der Waals surface area (Å²) in [6.45, 7) is 3.01. The first-order valence-corrected chi connectivity index (χ1v) is 16.5. The highest BCUT2D eigenvalue weighted by Crippen LogP contribution is 2.32. The van der Waals surface area contributed by atoms with E-state index in [4.69, 9.17) is 14.6 Å². The van der Waals surface area contributed by atoms with Crippen LogP contribution < -0.4 is 10.3 Å². The average Bonchev–Trinajstić information content (AvgIpc) is 4.01. The van der Waals surface area contributed by atoms with Crippen molar-refractivity contribution < 1.29 is 29.0 Å². The van der Waals surface area contributed by atoms with E-state index in [-0.39, 0.29) is 49.1 Å². The number of hydrogen-bond donors (Lipinski definition) is 3. The lowest BCUT2D eigenvalue weighted by Crippen LogP contribution is -2.52. The monoisotopic (exact) mass is 709 g/mol. The summed E-state index contributed by atoms with van der Waals surface area (Å²) in [4.78, 5) is 75.9. The minimum atomic E-state index is -0.663. The summed E-state index contributed by atoms with van der Waals surface area (Å²) in [5.41, 5.74) is 1.85. The number of aromatic nitrogens is 9. The minimum Gasteiger partial charge on any atom is -0.494 e. The third-order valence-electron chi connectivity index (χ3n) is 8.98. The molecule has 18 nitrogen and oxygen atoms in total. The average molecular weight is 710 g/mol. The molecule has 1 aromatic carbocycles. The molecule has 2 amide bonds. The summed E-state index contributed by atoms with van der Waals surface area (Å²) < 4.78 is 14.3. The second-order valence-electron chi connectivity index (χ2n) is 12.1. The molecule has 0 spiro atoms. The van der Waals surface area contributed by atoms with Gasteiger partial charge in [-0.3, -0.25) is 23.7 Å². The Bertz CT molecular complexity index is 2300. The van der Waals surface area contributed by atoms with Crippen molar-refractivity contribution in [3.63, 3.8) is 0 Å². The van der Waals surface area contributed by atoms with Crippen LogP contribution in [-0.4, -0.2) is 123 Å². The number of aryl methyl sites for hydroxylation is 1. The number of nitrogens with one attached hydrogen (secondary N) is 2. The molecule has 0 bridgehead atoms. The number of carbonyl (C=O) groups is 3. The highest BCUT2D eigenvalue weighted by atomic mass is 16.5. The molecule has 7 heterocycles. The van der Waals surface area contributed by atoms with Crippen molar-refractivity contribution in [3.8, 4) is 11.6 Å². The van der Waals surface area contributed by atoms with E-state index in [1.165, 1.54) is 41.7 Å². The van der Waals surface area contributed by atoms with Gasteiger partial charge in [0.25, 0.3) is 23.2 Å². The first kappa shape index (κ1) is 34.2. The second kappa shape index (κ2) is 14.5. The summed E-state index contributed by atoms with van der Waals surface area (Å²) in [6.07, 6.45) is 8.63. The van der Waals surface area contributed by atoms with Gasteiger partial charge in [0.05, 0.1) is 55.1 Å². The number of imidazole rings is 1. The Balaban J connectivity index is 0.000000206. The third kappa shape index (κ3) is 6.51. The lowest BCUT2D eigenvalue weighted by atomic mass is 10.1. The number of amides is 2. The summed E-state index contributed by atoms with van der Waals surface area (Å²) >= 11 is 0. The highest BCUT2D eigenvalue weighted by Gasteiger charge is 2.32. The number of methoxy groups -OCH3 is 1. The van der Waals surface area contributed by atoms with Gasteiger partial charge in [-0.1, -0.05) is 18.2 Å². The molecular weight excluding hydrogens is 674 g/mol. The molecule has 52 heavy (non-hydrogen) atoms. The lowest BCUT2D eigenvalue weighted by molar-refractivity contribution is -0.127. The number of H-pyrrole nitrogens is 2. The Labute approximate surface area is 295 Å². The predicted octanol–water partition coefficient (Wildman–Crippen LogP) is 1.42. The Kier molecular flexibility index (Phi) is 9.55.